The second-order valence-corrected chi connectivity index (χ2v) is 12.6. The number of hydrogen-bond donors (Lipinski definition) is 3. The lowest BCUT2D eigenvalue weighted by molar-refractivity contribution is 0.0536. The molecule has 1 aliphatic heterocycles. The van der Waals surface area contributed by atoms with Crippen LogP contribution in [0.15, 0.2) is 29.6 Å². The van der Waals surface area contributed by atoms with Gasteiger partial charge < -0.3 is 19.8 Å². The molecule has 2 fully saturated rings. The van der Waals surface area contributed by atoms with Crippen LogP contribution in [0.2, 0.25) is 10.0 Å². The van der Waals surface area contributed by atoms with Crippen LogP contribution in [0.25, 0.3) is 10.6 Å². The second kappa shape index (κ2) is 13.2. The number of amides is 1. The predicted octanol–water partition coefficient (Wildman–Crippen LogP) is 5.62. The molecule has 12 heteroatoms. The van der Waals surface area contributed by atoms with Gasteiger partial charge in [0.05, 0.1) is 21.5 Å². The van der Waals surface area contributed by atoms with Gasteiger partial charge in [-0.25, -0.2) is 4.98 Å². The SMILES string of the molecule is O=C(Nc1nc(-c2cc(Cl)cs2)c(N2CCN(C3CCCCC3)CC2)s1)c1ccc(OCC(O)CO)c(Cl)c1. The van der Waals surface area contributed by atoms with Crippen LogP contribution in [-0.2, 0) is 0 Å². The van der Waals surface area contributed by atoms with Crippen LogP contribution < -0.4 is 15.0 Å². The molecule has 8 nitrogen and oxygen atoms in total. The average molecular weight is 612 g/mol. The fraction of sp³-hybridized carbons (Fsp3) is 0.481. The lowest BCUT2D eigenvalue weighted by Crippen LogP contribution is -2.50. The summed E-state index contributed by atoms with van der Waals surface area (Å²) in [6.45, 7) is 3.37. The molecule has 1 saturated heterocycles. The largest absolute Gasteiger partial charge is 0.489 e. The zero-order chi connectivity index (χ0) is 27.4. The number of benzene rings is 1. The summed E-state index contributed by atoms with van der Waals surface area (Å²) in [4.78, 5) is 23.9. The van der Waals surface area contributed by atoms with E-state index in [0.717, 1.165) is 41.8 Å². The smallest absolute Gasteiger partial charge is 0.257 e. The fourth-order valence-corrected chi connectivity index (χ4v) is 7.47. The number of nitrogens with one attached hydrogen (secondary N) is 1. The first-order valence-electron chi connectivity index (χ1n) is 13.2. The van der Waals surface area contributed by atoms with Crippen LogP contribution in [0.1, 0.15) is 42.5 Å². The number of hydrogen-bond acceptors (Lipinski definition) is 9. The van der Waals surface area contributed by atoms with Crippen LogP contribution in [0.5, 0.6) is 5.75 Å². The van der Waals surface area contributed by atoms with Crippen molar-refractivity contribution < 1.29 is 19.7 Å². The number of thiophene rings is 1. The monoisotopic (exact) mass is 610 g/mol. The number of carbonyl (C=O) groups is 1. The number of anilines is 2. The van der Waals surface area contributed by atoms with Gasteiger partial charge in [0.25, 0.3) is 5.91 Å². The van der Waals surface area contributed by atoms with Gasteiger partial charge in [0, 0.05) is 43.2 Å². The molecule has 0 spiro atoms. The summed E-state index contributed by atoms with van der Waals surface area (Å²) in [5.74, 6) is -0.0153. The van der Waals surface area contributed by atoms with Crippen LogP contribution in [0.3, 0.4) is 0 Å². The Morgan fingerprint density at radius 1 is 1.15 bits per heavy atom. The number of ether oxygens (including phenoxy) is 1. The summed E-state index contributed by atoms with van der Waals surface area (Å²) in [5.41, 5.74) is 1.19. The maximum absolute atomic E-state index is 13.1. The number of rotatable bonds is 9. The third-order valence-electron chi connectivity index (χ3n) is 7.16. The summed E-state index contributed by atoms with van der Waals surface area (Å²) >= 11 is 15.6. The first-order chi connectivity index (χ1) is 18.9. The Morgan fingerprint density at radius 2 is 1.92 bits per heavy atom. The second-order valence-electron chi connectivity index (χ2n) is 9.86. The maximum atomic E-state index is 13.1. The molecule has 39 heavy (non-hydrogen) atoms. The van der Waals surface area contributed by atoms with E-state index in [0.29, 0.717) is 27.5 Å². The van der Waals surface area contributed by atoms with Crippen molar-refractivity contribution in [2.45, 2.75) is 44.2 Å². The number of piperazine rings is 1. The number of halogens is 2. The molecule has 2 aliphatic rings. The first-order valence-corrected chi connectivity index (χ1v) is 15.6. The molecule has 1 unspecified atom stereocenters. The molecular weight excluding hydrogens is 579 g/mol. The number of aliphatic hydroxyl groups excluding tert-OH is 2. The van der Waals surface area contributed by atoms with Gasteiger partial charge in [0.15, 0.2) is 5.13 Å². The van der Waals surface area contributed by atoms with E-state index >= 15 is 0 Å². The van der Waals surface area contributed by atoms with Gasteiger partial charge in [-0.1, -0.05) is 53.8 Å². The minimum absolute atomic E-state index is 0.103. The predicted molar refractivity (Wildman–Crippen MR) is 159 cm³/mol. The van der Waals surface area contributed by atoms with E-state index in [4.69, 9.17) is 38.0 Å². The first kappa shape index (κ1) is 28.6. The van der Waals surface area contributed by atoms with Crippen molar-refractivity contribution in [2.75, 3.05) is 49.6 Å². The van der Waals surface area contributed by atoms with Gasteiger partial charge >= 0.3 is 0 Å². The summed E-state index contributed by atoms with van der Waals surface area (Å²) in [7, 11) is 0. The lowest BCUT2D eigenvalue weighted by Gasteiger charge is -2.41. The average Bonchev–Trinajstić information content (AvgIpc) is 3.58. The Labute approximate surface area is 246 Å². The zero-order valence-electron chi connectivity index (χ0n) is 21.4. The maximum Gasteiger partial charge on any atom is 0.257 e. The molecule has 0 bridgehead atoms. The van der Waals surface area contributed by atoms with E-state index < -0.39 is 12.7 Å². The molecule has 1 atom stereocenters. The summed E-state index contributed by atoms with van der Waals surface area (Å²) < 4.78 is 5.42. The minimum atomic E-state index is -1.01. The molecule has 3 aromatic rings. The van der Waals surface area contributed by atoms with Gasteiger partial charge in [0.1, 0.15) is 29.2 Å². The van der Waals surface area contributed by atoms with Crippen molar-refractivity contribution in [3.05, 3.63) is 45.3 Å². The van der Waals surface area contributed by atoms with E-state index in [-0.39, 0.29) is 17.5 Å². The number of carbonyl (C=O) groups excluding carboxylic acids is 1. The van der Waals surface area contributed by atoms with Crippen molar-refractivity contribution in [3.8, 4) is 16.3 Å². The molecule has 210 valence electrons. The molecule has 3 N–H and O–H groups in total. The Kier molecular flexibility index (Phi) is 9.65. The topological polar surface area (TPSA) is 98.2 Å². The number of thiazole rings is 1. The molecule has 1 aliphatic carbocycles. The van der Waals surface area contributed by atoms with Crippen molar-refractivity contribution >= 4 is 61.9 Å². The van der Waals surface area contributed by atoms with Crippen molar-refractivity contribution in [3.63, 3.8) is 0 Å². The zero-order valence-corrected chi connectivity index (χ0v) is 24.6. The molecule has 0 radical (unpaired) electrons. The van der Waals surface area contributed by atoms with E-state index in [1.807, 2.05) is 11.4 Å². The Hall–Kier alpha value is -1.92. The molecule has 5 rings (SSSR count). The number of nitrogens with zero attached hydrogens (tertiary/aromatic N) is 3. The van der Waals surface area contributed by atoms with E-state index in [9.17, 15) is 9.90 Å². The fourth-order valence-electron chi connectivity index (χ4n) is 5.08. The van der Waals surface area contributed by atoms with E-state index in [2.05, 4.69) is 15.1 Å². The van der Waals surface area contributed by atoms with Gasteiger partial charge in [-0.05, 0) is 37.1 Å². The summed E-state index contributed by atoms with van der Waals surface area (Å²) in [5, 5.41) is 25.7. The quantitative estimate of drug-likeness (QED) is 0.289. The summed E-state index contributed by atoms with van der Waals surface area (Å²) in [6, 6.07) is 7.30. The van der Waals surface area contributed by atoms with Crippen LogP contribution in [0, 0.1) is 0 Å². The number of aliphatic hydroxyl groups is 2. The van der Waals surface area contributed by atoms with E-state index in [1.54, 1.807) is 23.5 Å². The molecule has 1 aromatic carbocycles. The highest BCUT2D eigenvalue weighted by atomic mass is 35.5. The van der Waals surface area contributed by atoms with Crippen molar-refractivity contribution in [1.29, 1.82) is 0 Å². The molecule has 1 saturated carbocycles. The van der Waals surface area contributed by atoms with Crippen LogP contribution >= 0.6 is 45.9 Å². The molecular formula is C27H32Cl2N4O4S2. The minimum Gasteiger partial charge on any atom is -0.489 e. The third-order valence-corrected chi connectivity index (χ3v) is 9.77. The Bertz CT molecular complexity index is 1270. The molecule has 2 aromatic heterocycles. The Balaban J connectivity index is 1.30. The van der Waals surface area contributed by atoms with E-state index in [1.165, 1.54) is 49.5 Å². The highest BCUT2D eigenvalue weighted by molar-refractivity contribution is 7.21. The standard InChI is InChI=1S/C27H32Cl2N4O4S2/c28-18-13-23(38-16-18)24-26(33-10-8-32(9-11-33)19-4-2-1-3-5-19)39-27(30-24)31-25(36)17-6-7-22(21(29)12-17)37-15-20(35)14-34/h6-7,12-13,16,19-20,34-35H,1-5,8-11,14-15H2,(H,30,31,36). The normalized spacial score (nSPS) is 17.8. The Morgan fingerprint density at radius 3 is 2.59 bits per heavy atom. The van der Waals surface area contributed by atoms with Gasteiger partial charge in [-0.15, -0.1) is 11.3 Å². The molecule has 1 amide bonds. The third kappa shape index (κ3) is 7.05. The van der Waals surface area contributed by atoms with Gasteiger partial charge in [-0.3, -0.25) is 15.0 Å². The lowest BCUT2D eigenvalue weighted by atomic mass is 9.94. The molecule has 3 heterocycles. The van der Waals surface area contributed by atoms with Gasteiger partial charge in [-0.2, -0.15) is 0 Å². The van der Waals surface area contributed by atoms with Crippen molar-refractivity contribution in [1.82, 2.24) is 9.88 Å². The summed E-state index contributed by atoms with van der Waals surface area (Å²) in [6.07, 6.45) is 5.62. The highest BCUT2D eigenvalue weighted by Crippen LogP contribution is 2.42. The highest BCUT2D eigenvalue weighted by Gasteiger charge is 2.28. The van der Waals surface area contributed by atoms with Crippen molar-refractivity contribution in [2.24, 2.45) is 0 Å². The number of aromatic nitrogens is 1. The van der Waals surface area contributed by atoms with Crippen LogP contribution in [-0.4, -0.2) is 77.5 Å². The van der Waals surface area contributed by atoms with Crippen LogP contribution in [0.4, 0.5) is 10.1 Å². The van der Waals surface area contributed by atoms with Gasteiger partial charge in [0.2, 0.25) is 0 Å².